The maximum Gasteiger partial charge on any atom is 0.158 e. The van der Waals surface area contributed by atoms with Crippen LogP contribution < -0.4 is 11.3 Å². The molecule has 1 aromatic heterocycles. The van der Waals surface area contributed by atoms with Crippen LogP contribution >= 0.6 is 0 Å². The Hall–Kier alpha value is -1.20. The average molecular weight is 196 g/mol. The highest BCUT2D eigenvalue weighted by Crippen LogP contribution is 2.03. The fourth-order valence-corrected chi connectivity index (χ4v) is 0.849. The summed E-state index contributed by atoms with van der Waals surface area (Å²) in [5.74, 6) is 5.71. The molecule has 0 saturated heterocycles. The van der Waals surface area contributed by atoms with Crippen LogP contribution in [0.25, 0.3) is 0 Å². The van der Waals surface area contributed by atoms with Gasteiger partial charge in [0, 0.05) is 0 Å². The van der Waals surface area contributed by atoms with Crippen LogP contribution in [-0.2, 0) is 11.3 Å². The van der Waals surface area contributed by atoms with E-state index >= 15 is 0 Å². The van der Waals surface area contributed by atoms with Crippen LogP contribution in [0.1, 0.15) is 26.0 Å². The fraction of sp³-hybridized carbons (Fsp3) is 0.556. The number of hydrogen-bond acceptors (Lipinski definition) is 5. The highest BCUT2D eigenvalue weighted by atomic mass is 16.5. The normalized spacial score (nSPS) is 12.5. The summed E-state index contributed by atoms with van der Waals surface area (Å²) in [6, 6.07) is 0. The molecule has 0 radical (unpaired) electrons. The molecule has 0 saturated carbocycles. The summed E-state index contributed by atoms with van der Waals surface area (Å²) in [6.45, 7) is 4.61. The Labute approximate surface area is 83.7 Å². The number of nitrogens with two attached hydrogens (primary N) is 1. The van der Waals surface area contributed by atoms with Crippen molar-refractivity contribution in [1.29, 1.82) is 0 Å². The molecule has 0 aliphatic rings. The number of hydrazine groups is 1. The zero-order valence-electron chi connectivity index (χ0n) is 8.53. The number of ether oxygens (including phenoxy) is 1. The number of anilines is 1. The predicted molar refractivity (Wildman–Crippen MR) is 54.4 cm³/mol. The van der Waals surface area contributed by atoms with Crippen molar-refractivity contribution >= 4 is 5.82 Å². The number of nitrogens with one attached hydrogen (secondary N) is 1. The minimum absolute atomic E-state index is 0.254. The van der Waals surface area contributed by atoms with Gasteiger partial charge in [0.1, 0.15) is 0 Å². The molecule has 14 heavy (non-hydrogen) atoms. The van der Waals surface area contributed by atoms with Gasteiger partial charge in [-0.25, -0.2) is 10.8 Å². The lowest BCUT2D eigenvalue weighted by Gasteiger charge is -2.09. The Balaban J connectivity index is 2.43. The summed E-state index contributed by atoms with van der Waals surface area (Å²) < 4.78 is 5.50. The standard InChI is InChI=1S/C9H16N4O/c1-3-7(2)14-6-8-4-12-9(13-10)5-11-8/h4-5,7H,3,6,10H2,1-2H3,(H,12,13). The van der Waals surface area contributed by atoms with Crippen molar-refractivity contribution in [1.82, 2.24) is 9.97 Å². The molecule has 5 nitrogen and oxygen atoms in total. The summed E-state index contributed by atoms with van der Waals surface area (Å²) in [4.78, 5) is 8.15. The van der Waals surface area contributed by atoms with Crippen molar-refractivity contribution in [3.05, 3.63) is 18.1 Å². The molecule has 0 spiro atoms. The van der Waals surface area contributed by atoms with Crippen molar-refractivity contribution in [3.63, 3.8) is 0 Å². The predicted octanol–water partition coefficient (Wildman–Crippen LogP) is 1.08. The third-order valence-electron chi connectivity index (χ3n) is 1.94. The topological polar surface area (TPSA) is 73.1 Å². The van der Waals surface area contributed by atoms with Gasteiger partial charge < -0.3 is 10.2 Å². The Bertz CT molecular complexity index is 262. The molecule has 1 rings (SSSR count). The lowest BCUT2D eigenvalue weighted by Crippen LogP contribution is -2.10. The van der Waals surface area contributed by atoms with Crippen LogP contribution in [0.5, 0.6) is 0 Å². The van der Waals surface area contributed by atoms with E-state index in [1.165, 1.54) is 0 Å². The Morgan fingerprint density at radius 1 is 1.50 bits per heavy atom. The van der Waals surface area contributed by atoms with E-state index in [4.69, 9.17) is 10.6 Å². The molecule has 1 atom stereocenters. The summed E-state index contributed by atoms with van der Waals surface area (Å²) in [7, 11) is 0. The molecular formula is C9H16N4O. The smallest absolute Gasteiger partial charge is 0.158 e. The molecule has 0 aliphatic carbocycles. The van der Waals surface area contributed by atoms with Crippen molar-refractivity contribution in [2.24, 2.45) is 5.84 Å². The number of hydrogen-bond donors (Lipinski definition) is 2. The molecule has 1 heterocycles. The van der Waals surface area contributed by atoms with Gasteiger partial charge in [-0.2, -0.15) is 0 Å². The first-order valence-electron chi connectivity index (χ1n) is 4.65. The second-order valence-corrected chi connectivity index (χ2v) is 3.07. The quantitative estimate of drug-likeness (QED) is 0.544. The van der Waals surface area contributed by atoms with Crippen molar-refractivity contribution in [3.8, 4) is 0 Å². The number of nitrogen functional groups attached to an aromatic ring is 1. The maximum absolute atomic E-state index is 5.50. The molecule has 0 aliphatic heterocycles. The van der Waals surface area contributed by atoms with Crippen LogP contribution in [0.4, 0.5) is 5.82 Å². The molecule has 0 bridgehead atoms. The molecule has 1 aromatic rings. The Morgan fingerprint density at radius 3 is 2.79 bits per heavy atom. The Kier molecular flexibility index (Phi) is 4.28. The third kappa shape index (κ3) is 3.27. The van der Waals surface area contributed by atoms with Gasteiger partial charge >= 0.3 is 0 Å². The first-order valence-corrected chi connectivity index (χ1v) is 4.65. The molecule has 1 unspecified atom stereocenters. The maximum atomic E-state index is 5.50. The number of nitrogens with zero attached hydrogens (tertiary/aromatic N) is 2. The first-order chi connectivity index (χ1) is 6.76. The number of aromatic nitrogens is 2. The molecule has 0 amide bonds. The second-order valence-electron chi connectivity index (χ2n) is 3.07. The fourth-order valence-electron chi connectivity index (χ4n) is 0.849. The lowest BCUT2D eigenvalue weighted by atomic mass is 10.3. The summed E-state index contributed by atoms with van der Waals surface area (Å²) >= 11 is 0. The molecule has 0 aromatic carbocycles. The molecule has 78 valence electrons. The van der Waals surface area contributed by atoms with Crippen LogP contribution in [0, 0.1) is 0 Å². The summed E-state index contributed by atoms with van der Waals surface area (Å²) in [5.41, 5.74) is 3.23. The zero-order chi connectivity index (χ0) is 10.4. The molecule has 5 heteroatoms. The average Bonchev–Trinajstić information content (AvgIpc) is 2.26. The van der Waals surface area contributed by atoms with Gasteiger partial charge in [-0.1, -0.05) is 6.92 Å². The molecule has 0 fully saturated rings. The van der Waals surface area contributed by atoms with E-state index in [9.17, 15) is 0 Å². The van der Waals surface area contributed by atoms with Crippen LogP contribution in [0.3, 0.4) is 0 Å². The zero-order valence-corrected chi connectivity index (χ0v) is 8.53. The van der Waals surface area contributed by atoms with E-state index in [0.717, 1.165) is 12.1 Å². The summed E-state index contributed by atoms with van der Waals surface area (Å²) in [6.07, 6.45) is 4.48. The van der Waals surface area contributed by atoms with E-state index in [1.54, 1.807) is 12.4 Å². The molecular weight excluding hydrogens is 180 g/mol. The Morgan fingerprint density at radius 2 is 2.29 bits per heavy atom. The van der Waals surface area contributed by atoms with Crippen LogP contribution in [0.15, 0.2) is 12.4 Å². The minimum atomic E-state index is 0.254. The highest BCUT2D eigenvalue weighted by Gasteiger charge is 2.00. The van der Waals surface area contributed by atoms with Crippen molar-refractivity contribution in [2.75, 3.05) is 5.43 Å². The summed E-state index contributed by atoms with van der Waals surface area (Å²) in [5, 5.41) is 0. The van der Waals surface area contributed by atoms with Gasteiger partial charge in [0.2, 0.25) is 0 Å². The monoisotopic (exact) mass is 196 g/mol. The van der Waals surface area contributed by atoms with Crippen LogP contribution in [0.2, 0.25) is 0 Å². The van der Waals surface area contributed by atoms with Gasteiger partial charge in [-0.3, -0.25) is 4.98 Å². The minimum Gasteiger partial charge on any atom is -0.372 e. The van der Waals surface area contributed by atoms with Gasteiger partial charge in [-0.05, 0) is 13.3 Å². The van der Waals surface area contributed by atoms with E-state index in [1.807, 2.05) is 6.92 Å². The third-order valence-corrected chi connectivity index (χ3v) is 1.94. The van der Waals surface area contributed by atoms with Gasteiger partial charge in [-0.15, -0.1) is 0 Å². The molecule has 3 N–H and O–H groups in total. The second kappa shape index (κ2) is 5.51. The SMILES string of the molecule is CCC(C)OCc1cnc(NN)cn1. The van der Waals surface area contributed by atoms with Crippen molar-refractivity contribution < 1.29 is 4.74 Å². The van der Waals surface area contributed by atoms with E-state index < -0.39 is 0 Å². The van der Waals surface area contributed by atoms with E-state index in [-0.39, 0.29) is 6.10 Å². The van der Waals surface area contributed by atoms with Crippen LogP contribution in [-0.4, -0.2) is 16.1 Å². The van der Waals surface area contributed by atoms with Crippen molar-refractivity contribution in [2.45, 2.75) is 33.0 Å². The lowest BCUT2D eigenvalue weighted by molar-refractivity contribution is 0.0487. The van der Waals surface area contributed by atoms with Gasteiger partial charge in [0.15, 0.2) is 5.82 Å². The van der Waals surface area contributed by atoms with E-state index in [2.05, 4.69) is 22.3 Å². The van der Waals surface area contributed by atoms with Gasteiger partial charge in [0.05, 0.1) is 30.8 Å². The van der Waals surface area contributed by atoms with Gasteiger partial charge in [0.25, 0.3) is 0 Å². The largest absolute Gasteiger partial charge is 0.372 e. The van der Waals surface area contributed by atoms with E-state index in [0.29, 0.717) is 12.4 Å². The number of rotatable bonds is 5. The first kappa shape index (κ1) is 10.9. The highest BCUT2D eigenvalue weighted by molar-refractivity contribution is 5.28.